The van der Waals surface area contributed by atoms with Crippen molar-refractivity contribution in [3.05, 3.63) is 69.0 Å². The van der Waals surface area contributed by atoms with Crippen molar-refractivity contribution in [2.24, 2.45) is 0 Å². The van der Waals surface area contributed by atoms with E-state index in [1.165, 1.54) is 17.0 Å². The molecule has 0 unspecified atom stereocenters. The number of rotatable bonds is 3. The first-order valence-electron chi connectivity index (χ1n) is 6.82. The van der Waals surface area contributed by atoms with Gasteiger partial charge in [-0.2, -0.15) is 0 Å². The summed E-state index contributed by atoms with van der Waals surface area (Å²) in [7, 11) is 0. The zero-order valence-electron chi connectivity index (χ0n) is 11.9. The van der Waals surface area contributed by atoms with E-state index in [1.807, 2.05) is 30.3 Å². The van der Waals surface area contributed by atoms with E-state index >= 15 is 0 Å². The average Bonchev–Trinajstić information content (AvgIpc) is 2.80. The van der Waals surface area contributed by atoms with Crippen LogP contribution < -0.4 is 0 Å². The molecule has 0 aliphatic carbocycles. The van der Waals surface area contributed by atoms with Gasteiger partial charge in [-0.3, -0.25) is 14.5 Å². The predicted octanol–water partition coefficient (Wildman–Crippen LogP) is 4.39. The third-order valence-electron chi connectivity index (χ3n) is 3.33. The van der Waals surface area contributed by atoms with Crippen LogP contribution in [0.2, 0.25) is 0 Å². The quantitative estimate of drug-likeness (QED) is 0.790. The molecule has 2 aromatic carbocycles. The Labute approximate surface area is 145 Å². The lowest BCUT2D eigenvalue weighted by Gasteiger charge is -2.12. The predicted molar refractivity (Wildman–Crippen MR) is 93.8 cm³/mol. The molecule has 0 radical (unpaired) electrons. The van der Waals surface area contributed by atoms with Gasteiger partial charge in [-0.15, -0.1) is 0 Å². The maximum absolute atomic E-state index is 12.4. The number of carbonyl (C=O) groups excluding carboxylic acids is 2. The van der Waals surface area contributed by atoms with E-state index in [9.17, 15) is 14.7 Å². The smallest absolute Gasteiger partial charge is 0.293 e. The Morgan fingerprint density at radius 2 is 1.87 bits per heavy atom. The molecule has 1 aliphatic rings. The van der Waals surface area contributed by atoms with Crippen molar-refractivity contribution in [2.45, 2.75) is 6.54 Å². The van der Waals surface area contributed by atoms with E-state index in [-0.39, 0.29) is 23.4 Å². The fourth-order valence-electron chi connectivity index (χ4n) is 2.18. The van der Waals surface area contributed by atoms with Crippen molar-refractivity contribution >= 4 is 44.9 Å². The van der Waals surface area contributed by atoms with Crippen LogP contribution in [0.15, 0.2) is 57.9 Å². The number of thioether (sulfide) groups is 1. The molecule has 3 rings (SSSR count). The van der Waals surface area contributed by atoms with Crippen LogP contribution in [-0.4, -0.2) is 21.2 Å². The number of imide groups is 1. The molecule has 0 spiro atoms. The van der Waals surface area contributed by atoms with Gasteiger partial charge in [0.1, 0.15) is 5.75 Å². The Kier molecular flexibility index (Phi) is 4.54. The van der Waals surface area contributed by atoms with Gasteiger partial charge in [0.2, 0.25) is 0 Å². The molecule has 2 amide bonds. The molecule has 1 fully saturated rings. The van der Waals surface area contributed by atoms with Gasteiger partial charge in [0, 0.05) is 10.0 Å². The number of hydrogen-bond donors (Lipinski definition) is 1. The molecule has 0 aromatic heterocycles. The Hall–Kier alpha value is -2.05. The van der Waals surface area contributed by atoms with Gasteiger partial charge >= 0.3 is 0 Å². The standard InChI is InChI=1S/C17H12BrNO3S/c18-13-6-7-14(20)12(8-13)9-15-16(21)19(17(22)23-15)10-11-4-2-1-3-5-11/h1-9,20H,10H2/b15-9-. The van der Waals surface area contributed by atoms with Crippen molar-refractivity contribution < 1.29 is 14.7 Å². The van der Waals surface area contributed by atoms with Crippen LogP contribution in [0.4, 0.5) is 4.79 Å². The SMILES string of the molecule is O=C1S/C(=C\c2cc(Br)ccc2O)C(=O)N1Cc1ccccc1. The van der Waals surface area contributed by atoms with Gasteiger partial charge in [0.25, 0.3) is 11.1 Å². The number of phenolic OH excluding ortho intramolecular Hbond substituents is 1. The molecular weight excluding hydrogens is 378 g/mol. The van der Waals surface area contributed by atoms with Crippen LogP contribution in [-0.2, 0) is 11.3 Å². The summed E-state index contributed by atoms with van der Waals surface area (Å²) in [6.07, 6.45) is 1.54. The normalized spacial score (nSPS) is 16.4. The number of aromatic hydroxyl groups is 1. The molecule has 1 N–H and O–H groups in total. The summed E-state index contributed by atoms with van der Waals surface area (Å²) in [4.78, 5) is 26.1. The maximum atomic E-state index is 12.4. The third kappa shape index (κ3) is 3.48. The zero-order valence-corrected chi connectivity index (χ0v) is 14.3. The van der Waals surface area contributed by atoms with Gasteiger partial charge in [-0.05, 0) is 41.6 Å². The van der Waals surface area contributed by atoms with Crippen LogP contribution in [0.25, 0.3) is 6.08 Å². The number of halogens is 1. The molecular formula is C17H12BrNO3S. The van der Waals surface area contributed by atoms with Crippen molar-refractivity contribution in [1.29, 1.82) is 0 Å². The number of amides is 2. The molecule has 23 heavy (non-hydrogen) atoms. The van der Waals surface area contributed by atoms with Crippen LogP contribution in [0.3, 0.4) is 0 Å². The third-order valence-corrected chi connectivity index (χ3v) is 4.73. The van der Waals surface area contributed by atoms with E-state index < -0.39 is 0 Å². The molecule has 0 saturated carbocycles. The second-order valence-electron chi connectivity index (χ2n) is 4.96. The fourth-order valence-corrected chi connectivity index (χ4v) is 3.39. The van der Waals surface area contributed by atoms with E-state index in [2.05, 4.69) is 15.9 Å². The lowest BCUT2D eigenvalue weighted by Crippen LogP contribution is -2.27. The van der Waals surface area contributed by atoms with E-state index in [4.69, 9.17) is 0 Å². The highest BCUT2D eigenvalue weighted by Gasteiger charge is 2.35. The van der Waals surface area contributed by atoms with Crippen LogP contribution in [0.1, 0.15) is 11.1 Å². The van der Waals surface area contributed by atoms with Gasteiger partial charge in [0.05, 0.1) is 11.4 Å². The van der Waals surface area contributed by atoms with E-state index in [0.717, 1.165) is 21.8 Å². The number of phenols is 1. The Balaban J connectivity index is 1.86. The lowest BCUT2D eigenvalue weighted by atomic mass is 10.2. The fraction of sp³-hybridized carbons (Fsp3) is 0.0588. The first-order valence-corrected chi connectivity index (χ1v) is 8.43. The molecule has 2 aromatic rings. The van der Waals surface area contributed by atoms with Crippen molar-refractivity contribution in [3.63, 3.8) is 0 Å². The van der Waals surface area contributed by atoms with Gasteiger partial charge in [-0.25, -0.2) is 0 Å². The Morgan fingerprint density at radius 3 is 2.61 bits per heavy atom. The maximum Gasteiger partial charge on any atom is 0.293 e. The van der Waals surface area contributed by atoms with Crippen LogP contribution in [0, 0.1) is 0 Å². The Morgan fingerprint density at radius 1 is 1.13 bits per heavy atom. The summed E-state index contributed by atoms with van der Waals surface area (Å²) >= 11 is 4.20. The lowest BCUT2D eigenvalue weighted by molar-refractivity contribution is -0.123. The Bertz CT molecular complexity index is 805. The second-order valence-corrected chi connectivity index (χ2v) is 6.87. The first-order chi connectivity index (χ1) is 11.0. The van der Waals surface area contributed by atoms with Crippen LogP contribution in [0.5, 0.6) is 5.75 Å². The molecule has 4 nitrogen and oxygen atoms in total. The first kappa shape index (κ1) is 15.8. The number of carbonyl (C=O) groups is 2. The summed E-state index contributed by atoms with van der Waals surface area (Å²) in [5.41, 5.74) is 1.38. The highest BCUT2D eigenvalue weighted by atomic mass is 79.9. The van der Waals surface area contributed by atoms with Crippen molar-refractivity contribution in [1.82, 2.24) is 4.90 Å². The number of nitrogens with zero attached hydrogens (tertiary/aromatic N) is 1. The van der Waals surface area contributed by atoms with E-state index in [1.54, 1.807) is 12.1 Å². The number of hydrogen-bond acceptors (Lipinski definition) is 4. The highest BCUT2D eigenvalue weighted by molar-refractivity contribution is 9.10. The topological polar surface area (TPSA) is 57.6 Å². The number of benzene rings is 2. The zero-order chi connectivity index (χ0) is 16.4. The molecule has 6 heteroatoms. The summed E-state index contributed by atoms with van der Waals surface area (Å²) in [6.45, 7) is 0.243. The van der Waals surface area contributed by atoms with Crippen molar-refractivity contribution in [2.75, 3.05) is 0 Å². The summed E-state index contributed by atoms with van der Waals surface area (Å²) in [5.74, 6) is -0.286. The second kappa shape index (κ2) is 6.60. The van der Waals surface area contributed by atoms with Gasteiger partial charge in [0.15, 0.2) is 0 Å². The molecule has 1 heterocycles. The van der Waals surface area contributed by atoms with Crippen LogP contribution >= 0.6 is 27.7 Å². The van der Waals surface area contributed by atoms with E-state index in [0.29, 0.717) is 10.5 Å². The van der Waals surface area contributed by atoms with Gasteiger partial charge < -0.3 is 5.11 Å². The average molecular weight is 390 g/mol. The van der Waals surface area contributed by atoms with Crippen molar-refractivity contribution in [3.8, 4) is 5.75 Å². The molecule has 116 valence electrons. The monoisotopic (exact) mass is 389 g/mol. The van der Waals surface area contributed by atoms with Gasteiger partial charge in [-0.1, -0.05) is 46.3 Å². The summed E-state index contributed by atoms with van der Waals surface area (Å²) < 4.78 is 0.782. The minimum atomic E-state index is -0.344. The largest absolute Gasteiger partial charge is 0.507 e. The summed E-state index contributed by atoms with van der Waals surface area (Å²) in [6, 6.07) is 14.3. The summed E-state index contributed by atoms with van der Waals surface area (Å²) in [5, 5.41) is 9.56. The highest BCUT2D eigenvalue weighted by Crippen LogP contribution is 2.35. The molecule has 1 saturated heterocycles. The minimum Gasteiger partial charge on any atom is -0.507 e. The minimum absolute atomic E-state index is 0.0584. The molecule has 0 atom stereocenters. The molecule has 0 bridgehead atoms. The molecule has 1 aliphatic heterocycles.